The van der Waals surface area contributed by atoms with Gasteiger partial charge < -0.3 is 15.3 Å². The van der Waals surface area contributed by atoms with Crippen LogP contribution in [0.3, 0.4) is 0 Å². The van der Waals surface area contributed by atoms with Crippen LogP contribution in [0.1, 0.15) is 96.3 Å². The van der Waals surface area contributed by atoms with Crippen LogP contribution in [-0.4, -0.2) is 33.2 Å². The van der Waals surface area contributed by atoms with Gasteiger partial charge in [-0.2, -0.15) is 0 Å². The van der Waals surface area contributed by atoms with Gasteiger partial charge in [-0.25, -0.2) is 0 Å². The van der Waals surface area contributed by atoms with Gasteiger partial charge >= 0.3 is 17.9 Å². The van der Waals surface area contributed by atoms with E-state index in [1.165, 1.54) is 19.3 Å². The fraction of sp³-hybridized carbons (Fsp3) is 0.857. The monoisotopic (exact) mass is 384 g/mol. The number of carbonyl (C=O) groups is 3. The van der Waals surface area contributed by atoms with Crippen LogP contribution in [0, 0.1) is 17.8 Å². The minimum Gasteiger partial charge on any atom is -0.481 e. The molecule has 3 fully saturated rings. The van der Waals surface area contributed by atoms with Crippen LogP contribution in [0.5, 0.6) is 0 Å². The van der Waals surface area contributed by atoms with E-state index in [1.54, 1.807) is 0 Å². The molecule has 3 aliphatic carbocycles. The molecule has 0 heterocycles. The van der Waals surface area contributed by atoms with Crippen molar-refractivity contribution in [3.8, 4) is 0 Å². The van der Waals surface area contributed by atoms with Crippen molar-refractivity contribution < 1.29 is 29.7 Å². The van der Waals surface area contributed by atoms with Crippen LogP contribution in [-0.2, 0) is 14.4 Å². The Morgan fingerprint density at radius 1 is 0.407 bits per heavy atom. The summed E-state index contributed by atoms with van der Waals surface area (Å²) < 4.78 is 0. The standard InChI is InChI=1S/C8H14O2.C7H12O2.C6H10O2/c9-8(10)7-5-3-1-2-4-6-7;8-7(9)6-4-2-1-3-5-6;7-6(8)5-3-1-2-4-5/h7H,1-6H2,(H,9,10);6H,1-5H2,(H,8,9);5H,1-4H2,(H,7,8). The summed E-state index contributed by atoms with van der Waals surface area (Å²) in [7, 11) is 0. The molecule has 0 unspecified atom stereocenters. The molecule has 6 nitrogen and oxygen atoms in total. The normalized spacial score (nSPS) is 21.8. The Hall–Kier alpha value is -1.59. The number of rotatable bonds is 3. The van der Waals surface area contributed by atoms with Crippen LogP contribution in [0.25, 0.3) is 0 Å². The van der Waals surface area contributed by atoms with Crippen molar-refractivity contribution >= 4 is 17.9 Å². The first-order valence-corrected chi connectivity index (χ1v) is 10.6. The maximum absolute atomic E-state index is 10.5. The lowest BCUT2D eigenvalue weighted by Gasteiger charge is -2.16. The summed E-state index contributed by atoms with van der Waals surface area (Å²) in [6, 6.07) is 0. The second-order valence-corrected chi connectivity index (χ2v) is 8.02. The van der Waals surface area contributed by atoms with Gasteiger partial charge in [0.25, 0.3) is 0 Å². The molecule has 0 aliphatic heterocycles. The molecule has 156 valence electrons. The lowest BCUT2D eigenvalue weighted by atomic mass is 9.90. The van der Waals surface area contributed by atoms with Gasteiger partial charge in [-0.05, 0) is 38.5 Å². The quantitative estimate of drug-likeness (QED) is 0.593. The highest BCUT2D eigenvalue weighted by atomic mass is 16.4. The maximum atomic E-state index is 10.5. The van der Waals surface area contributed by atoms with E-state index < -0.39 is 17.9 Å². The number of hydrogen-bond acceptors (Lipinski definition) is 3. The molecule has 3 aliphatic rings. The molecular formula is C21H36O6. The third-order valence-corrected chi connectivity index (χ3v) is 5.86. The zero-order valence-electron chi connectivity index (χ0n) is 16.4. The third kappa shape index (κ3) is 10.4. The molecule has 27 heavy (non-hydrogen) atoms. The lowest BCUT2D eigenvalue weighted by Crippen LogP contribution is -2.16. The van der Waals surface area contributed by atoms with E-state index in [0.717, 1.165) is 77.0 Å². The zero-order chi connectivity index (χ0) is 20.1. The molecule has 3 saturated carbocycles. The Kier molecular flexibility index (Phi) is 11.8. The Morgan fingerprint density at radius 2 is 0.593 bits per heavy atom. The van der Waals surface area contributed by atoms with Crippen LogP contribution < -0.4 is 0 Å². The highest BCUT2D eigenvalue weighted by Gasteiger charge is 2.21. The Balaban J connectivity index is 0.000000204. The number of aliphatic carboxylic acids is 3. The lowest BCUT2D eigenvalue weighted by molar-refractivity contribution is -0.143. The molecule has 0 atom stereocenters. The minimum absolute atomic E-state index is 0.0185. The molecule has 3 rings (SSSR count). The number of carboxylic acid groups (broad SMARTS) is 3. The second-order valence-electron chi connectivity index (χ2n) is 8.02. The molecular weight excluding hydrogens is 348 g/mol. The molecule has 3 N–H and O–H groups in total. The highest BCUT2D eigenvalue weighted by Crippen LogP contribution is 2.24. The van der Waals surface area contributed by atoms with E-state index in [-0.39, 0.29) is 17.8 Å². The fourth-order valence-electron chi connectivity index (χ4n) is 4.05. The van der Waals surface area contributed by atoms with Gasteiger partial charge in [-0.1, -0.05) is 57.8 Å². The summed E-state index contributed by atoms with van der Waals surface area (Å²) >= 11 is 0. The summed E-state index contributed by atoms with van der Waals surface area (Å²) in [4.78, 5) is 31.1. The summed E-state index contributed by atoms with van der Waals surface area (Å²) in [6.07, 6.45) is 15.7. The predicted molar refractivity (Wildman–Crippen MR) is 103 cm³/mol. The van der Waals surface area contributed by atoms with Crippen LogP contribution in [0.2, 0.25) is 0 Å². The first-order chi connectivity index (χ1) is 12.9. The summed E-state index contributed by atoms with van der Waals surface area (Å²) in [5.41, 5.74) is 0. The minimum atomic E-state index is -0.609. The molecule has 0 aromatic heterocycles. The summed E-state index contributed by atoms with van der Waals surface area (Å²) in [5.74, 6) is -1.89. The van der Waals surface area contributed by atoms with Crippen LogP contribution in [0.15, 0.2) is 0 Å². The highest BCUT2D eigenvalue weighted by molar-refractivity contribution is 5.70. The first kappa shape index (κ1) is 23.4. The average molecular weight is 385 g/mol. The maximum Gasteiger partial charge on any atom is 0.306 e. The second kappa shape index (κ2) is 13.6. The van der Waals surface area contributed by atoms with E-state index in [9.17, 15) is 14.4 Å². The summed E-state index contributed by atoms with van der Waals surface area (Å²) in [6.45, 7) is 0. The van der Waals surface area contributed by atoms with Crippen molar-refractivity contribution in [1.82, 2.24) is 0 Å². The molecule has 0 amide bonds. The predicted octanol–water partition coefficient (Wildman–Crippen LogP) is 4.95. The number of hydrogen-bond donors (Lipinski definition) is 3. The topological polar surface area (TPSA) is 112 Å². The largest absolute Gasteiger partial charge is 0.481 e. The van der Waals surface area contributed by atoms with Crippen molar-refractivity contribution in [2.45, 2.75) is 96.3 Å². The van der Waals surface area contributed by atoms with Gasteiger partial charge in [0, 0.05) is 0 Å². The van der Waals surface area contributed by atoms with E-state index >= 15 is 0 Å². The van der Waals surface area contributed by atoms with Gasteiger partial charge in [-0.15, -0.1) is 0 Å². The molecule has 0 spiro atoms. The zero-order valence-corrected chi connectivity index (χ0v) is 16.4. The molecule has 0 aromatic carbocycles. The Morgan fingerprint density at radius 3 is 0.815 bits per heavy atom. The van der Waals surface area contributed by atoms with E-state index in [1.807, 2.05) is 0 Å². The number of carboxylic acids is 3. The van der Waals surface area contributed by atoms with Crippen LogP contribution in [0.4, 0.5) is 0 Å². The van der Waals surface area contributed by atoms with Crippen LogP contribution >= 0.6 is 0 Å². The third-order valence-electron chi connectivity index (χ3n) is 5.86. The smallest absolute Gasteiger partial charge is 0.306 e. The van der Waals surface area contributed by atoms with Gasteiger partial charge in [0.15, 0.2) is 0 Å². The van der Waals surface area contributed by atoms with E-state index in [2.05, 4.69) is 0 Å². The Bertz CT molecular complexity index is 442. The van der Waals surface area contributed by atoms with Crippen molar-refractivity contribution in [1.29, 1.82) is 0 Å². The van der Waals surface area contributed by atoms with Gasteiger partial charge in [-0.3, -0.25) is 14.4 Å². The van der Waals surface area contributed by atoms with Crippen molar-refractivity contribution in [3.05, 3.63) is 0 Å². The molecule has 0 radical (unpaired) electrons. The Labute approximate surface area is 162 Å². The SMILES string of the molecule is O=C(O)C1CCCC1.O=C(O)C1CCCCC1.O=C(O)C1CCCCCC1. The molecule has 0 saturated heterocycles. The van der Waals surface area contributed by atoms with Gasteiger partial charge in [0.1, 0.15) is 0 Å². The van der Waals surface area contributed by atoms with Gasteiger partial charge in [0.05, 0.1) is 17.8 Å². The fourth-order valence-corrected chi connectivity index (χ4v) is 4.05. The molecule has 6 heteroatoms. The van der Waals surface area contributed by atoms with Gasteiger partial charge in [0.2, 0.25) is 0 Å². The summed E-state index contributed by atoms with van der Waals surface area (Å²) in [5, 5.41) is 25.6. The molecule has 0 aromatic rings. The van der Waals surface area contributed by atoms with E-state index in [0.29, 0.717) is 0 Å². The van der Waals surface area contributed by atoms with Crippen molar-refractivity contribution in [3.63, 3.8) is 0 Å². The average Bonchev–Trinajstić information content (AvgIpc) is 3.06. The molecule has 0 bridgehead atoms. The van der Waals surface area contributed by atoms with E-state index in [4.69, 9.17) is 15.3 Å². The van der Waals surface area contributed by atoms with Crippen molar-refractivity contribution in [2.24, 2.45) is 17.8 Å². The van der Waals surface area contributed by atoms with Crippen molar-refractivity contribution in [2.75, 3.05) is 0 Å². The first-order valence-electron chi connectivity index (χ1n) is 10.6.